The summed E-state index contributed by atoms with van der Waals surface area (Å²) >= 11 is 0. The summed E-state index contributed by atoms with van der Waals surface area (Å²) in [6.07, 6.45) is 12.9. The molecule has 270 valence electrons. The summed E-state index contributed by atoms with van der Waals surface area (Å²) in [4.78, 5) is 2.53. The van der Waals surface area contributed by atoms with E-state index >= 15 is 0 Å². The molecule has 0 aromatic heterocycles. The van der Waals surface area contributed by atoms with Gasteiger partial charge in [-0.05, 0) is 95.9 Å². The van der Waals surface area contributed by atoms with Crippen molar-refractivity contribution in [1.82, 2.24) is 0 Å². The zero-order valence-corrected chi connectivity index (χ0v) is 32.0. The van der Waals surface area contributed by atoms with Gasteiger partial charge in [-0.3, -0.25) is 0 Å². The van der Waals surface area contributed by atoms with E-state index in [0.717, 1.165) is 66.1 Å². The molecule has 0 N–H and O–H groups in total. The number of nitrogens with zero attached hydrogens (tertiary/aromatic N) is 1. The van der Waals surface area contributed by atoms with Gasteiger partial charge in [0, 0.05) is 63.6 Å². The largest absolute Gasteiger partial charge is 0.493 e. The lowest BCUT2D eigenvalue weighted by Gasteiger charge is -2.52. The summed E-state index contributed by atoms with van der Waals surface area (Å²) in [5.41, 5.74) is 11.0. The van der Waals surface area contributed by atoms with Crippen molar-refractivity contribution in [1.29, 1.82) is 0 Å². The fourth-order valence-electron chi connectivity index (χ4n) is 11.9. The molecule has 5 aliphatic rings. The van der Waals surface area contributed by atoms with Crippen LogP contribution in [0.25, 0.3) is 28.0 Å². The second kappa shape index (κ2) is 11.6. The van der Waals surface area contributed by atoms with Crippen molar-refractivity contribution >= 4 is 22.5 Å². The summed E-state index contributed by atoms with van der Waals surface area (Å²) in [5.74, 6) is 2.62. The Bertz CT molecular complexity index is 2280. The van der Waals surface area contributed by atoms with Crippen LogP contribution in [-0.4, -0.2) is 26.8 Å². The molecule has 5 aromatic carbocycles. The molecule has 0 radical (unpaired) electrons. The van der Waals surface area contributed by atoms with Crippen molar-refractivity contribution < 1.29 is 14.2 Å². The molecule has 1 atom stereocenters. The maximum Gasteiger partial charge on any atom is 0.178 e. The Morgan fingerprint density at radius 2 is 1.43 bits per heavy atom. The van der Waals surface area contributed by atoms with Crippen LogP contribution in [0.5, 0.6) is 17.2 Å². The maximum absolute atomic E-state index is 7.81. The third-order valence-electron chi connectivity index (χ3n) is 13.1. The van der Waals surface area contributed by atoms with Gasteiger partial charge < -0.3 is 19.1 Å². The van der Waals surface area contributed by atoms with Gasteiger partial charge in [-0.25, -0.2) is 0 Å². The highest BCUT2D eigenvalue weighted by atomic mass is 16.5. The molecule has 3 heterocycles. The van der Waals surface area contributed by atoms with E-state index < -0.39 is 5.60 Å². The van der Waals surface area contributed by atoms with Gasteiger partial charge in [0.1, 0.15) is 5.75 Å². The summed E-state index contributed by atoms with van der Waals surface area (Å²) in [7, 11) is 1.76. The van der Waals surface area contributed by atoms with Gasteiger partial charge in [0.2, 0.25) is 0 Å². The summed E-state index contributed by atoms with van der Waals surface area (Å²) < 4.78 is 20.3. The number of anilines is 1. The molecule has 1 spiro atoms. The number of methoxy groups -OCH3 is 1. The van der Waals surface area contributed by atoms with E-state index in [1.165, 1.54) is 70.1 Å². The molecule has 1 unspecified atom stereocenters. The lowest BCUT2D eigenvalue weighted by atomic mass is 9.52. The highest BCUT2D eigenvalue weighted by Crippen LogP contribution is 2.67. The van der Waals surface area contributed by atoms with E-state index in [1.54, 1.807) is 7.11 Å². The molecule has 53 heavy (non-hydrogen) atoms. The molecule has 4 heteroatoms. The SMILES string of the molecule is COc1cc2c3c(c4c(c2c2c1OCC2)-c1ccccc1C41CC(C)(C)CC(C)(C)C1)C=CC(c1ccccc1)(c1ccc(N2CCCCC2)cc1)O3. The van der Waals surface area contributed by atoms with E-state index in [4.69, 9.17) is 14.2 Å². The molecule has 0 bridgehead atoms. The van der Waals surface area contributed by atoms with Crippen molar-refractivity contribution in [2.75, 3.05) is 31.7 Å². The first-order valence-corrected chi connectivity index (χ1v) is 19.9. The van der Waals surface area contributed by atoms with Crippen molar-refractivity contribution in [3.63, 3.8) is 0 Å². The summed E-state index contributed by atoms with van der Waals surface area (Å²) in [5, 5.41) is 2.38. The van der Waals surface area contributed by atoms with E-state index in [-0.39, 0.29) is 16.2 Å². The first kappa shape index (κ1) is 32.9. The van der Waals surface area contributed by atoms with Gasteiger partial charge in [0.25, 0.3) is 0 Å². The second-order valence-corrected chi connectivity index (χ2v) is 18.0. The van der Waals surface area contributed by atoms with Crippen LogP contribution in [0, 0.1) is 10.8 Å². The zero-order valence-electron chi connectivity index (χ0n) is 32.0. The number of hydrogen-bond donors (Lipinski definition) is 0. The maximum atomic E-state index is 7.81. The lowest BCUT2D eigenvalue weighted by molar-refractivity contribution is 0.0642. The minimum Gasteiger partial charge on any atom is -0.493 e. The molecular formula is C49H51NO3. The fourth-order valence-corrected chi connectivity index (χ4v) is 11.9. The van der Waals surface area contributed by atoms with E-state index in [9.17, 15) is 0 Å². The monoisotopic (exact) mass is 701 g/mol. The highest BCUT2D eigenvalue weighted by Gasteiger charge is 2.56. The first-order valence-electron chi connectivity index (χ1n) is 19.9. The van der Waals surface area contributed by atoms with Crippen LogP contribution in [0.4, 0.5) is 5.69 Å². The zero-order chi connectivity index (χ0) is 36.2. The lowest BCUT2D eigenvalue weighted by Crippen LogP contribution is -2.44. The van der Waals surface area contributed by atoms with Gasteiger partial charge in [-0.2, -0.15) is 0 Å². The molecule has 3 aliphatic heterocycles. The van der Waals surface area contributed by atoms with Gasteiger partial charge in [0.05, 0.1) is 13.7 Å². The quantitative estimate of drug-likeness (QED) is 0.187. The smallest absolute Gasteiger partial charge is 0.178 e. The standard InChI is InChI=1S/C49H51NO3/c1-46(2)29-47(3,4)31-48(30-46)39-17-11-10-16-35(39)42-41-36-23-27-52-45(36)40(51-5)28-38(41)44-37(43(42)48)22-24-49(53-44,32-14-8-6-9-15-32)33-18-20-34(21-19-33)50-25-12-7-13-26-50/h6,8-11,14-22,24,28H,7,12-13,23,25-27,29-31H2,1-5H3. The number of fused-ring (bicyclic) bond motifs is 12. The molecule has 1 saturated heterocycles. The first-order chi connectivity index (χ1) is 25.6. The second-order valence-electron chi connectivity index (χ2n) is 18.0. The van der Waals surface area contributed by atoms with Gasteiger partial charge in [-0.1, -0.05) is 101 Å². The van der Waals surface area contributed by atoms with Crippen molar-refractivity contribution in [3.8, 4) is 28.4 Å². The van der Waals surface area contributed by atoms with E-state index in [0.29, 0.717) is 6.61 Å². The Labute approximate surface area is 314 Å². The molecule has 2 fully saturated rings. The number of hydrogen-bond acceptors (Lipinski definition) is 4. The Kier molecular flexibility index (Phi) is 7.23. The molecule has 4 nitrogen and oxygen atoms in total. The molecule has 0 amide bonds. The van der Waals surface area contributed by atoms with E-state index in [2.05, 4.69) is 130 Å². The third-order valence-corrected chi connectivity index (χ3v) is 13.1. The molecule has 2 aliphatic carbocycles. The average molecular weight is 702 g/mol. The van der Waals surface area contributed by atoms with E-state index in [1.807, 2.05) is 0 Å². The Morgan fingerprint density at radius 3 is 2.17 bits per heavy atom. The van der Waals surface area contributed by atoms with Crippen molar-refractivity contribution in [2.45, 2.75) is 83.7 Å². The van der Waals surface area contributed by atoms with Gasteiger partial charge >= 0.3 is 0 Å². The normalized spacial score (nSPS) is 22.8. The Balaban J connectivity index is 1.28. The third kappa shape index (κ3) is 4.86. The van der Waals surface area contributed by atoms with Crippen LogP contribution in [0.3, 0.4) is 0 Å². The minimum absolute atomic E-state index is 0.155. The highest BCUT2D eigenvalue weighted by molar-refractivity contribution is 6.11. The summed E-state index contributed by atoms with van der Waals surface area (Å²) in [6.45, 7) is 12.8. The fraction of sp³-hybridized carbons (Fsp3) is 0.388. The van der Waals surface area contributed by atoms with Crippen LogP contribution in [0.1, 0.15) is 99.6 Å². The number of benzene rings is 5. The van der Waals surface area contributed by atoms with Crippen LogP contribution in [-0.2, 0) is 17.4 Å². The minimum atomic E-state index is -0.817. The van der Waals surface area contributed by atoms with Crippen molar-refractivity contribution in [2.24, 2.45) is 10.8 Å². The number of piperidine rings is 1. The topological polar surface area (TPSA) is 30.9 Å². The average Bonchev–Trinajstić information content (AvgIpc) is 3.76. The Morgan fingerprint density at radius 1 is 0.736 bits per heavy atom. The molecule has 5 aromatic rings. The van der Waals surface area contributed by atoms with Crippen LogP contribution in [0.2, 0.25) is 0 Å². The van der Waals surface area contributed by atoms with Crippen LogP contribution < -0.4 is 19.1 Å². The predicted molar refractivity (Wildman–Crippen MR) is 217 cm³/mol. The van der Waals surface area contributed by atoms with Gasteiger partial charge in [-0.15, -0.1) is 0 Å². The summed E-state index contributed by atoms with van der Waals surface area (Å²) in [6, 6.07) is 31.5. The number of ether oxygens (including phenoxy) is 3. The van der Waals surface area contributed by atoms with Gasteiger partial charge in [0.15, 0.2) is 17.1 Å². The number of rotatable bonds is 4. The molecule has 1 saturated carbocycles. The van der Waals surface area contributed by atoms with Crippen LogP contribution in [0.15, 0.2) is 91.0 Å². The molecule has 10 rings (SSSR count). The molecular weight excluding hydrogens is 651 g/mol. The Hall–Kier alpha value is -4.70. The predicted octanol–water partition coefficient (Wildman–Crippen LogP) is 11.6. The van der Waals surface area contributed by atoms with Crippen molar-refractivity contribution in [3.05, 3.63) is 124 Å². The van der Waals surface area contributed by atoms with Crippen LogP contribution >= 0.6 is 0 Å².